The van der Waals surface area contributed by atoms with E-state index in [2.05, 4.69) is 10.3 Å². The van der Waals surface area contributed by atoms with Gasteiger partial charge in [-0.1, -0.05) is 59.6 Å². The highest BCUT2D eigenvalue weighted by molar-refractivity contribution is 7.16. The van der Waals surface area contributed by atoms with Crippen molar-refractivity contribution >= 4 is 51.7 Å². The number of carbonyl (C=O) groups is 1. The van der Waals surface area contributed by atoms with Gasteiger partial charge in [0.25, 0.3) is 5.91 Å². The highest BCUT2D eigenvalue weighted by Gasteiger charge is 2.25. The van der Waals surface area contributed by atoms with E-state index in [4.69, 9.17) is 23.2 Å². The molecule has 1 heterocycles. The Bertz CT molecular complexity index is 1060. The Morgan fingerprint density at radius 3 is 2.69 bits per heavy atom. The third-order valence-electron chi connectivity index (χ3n) is 4.96. The van der Waals surface area contributed by atoms with Crippen molar-refractivity contribution in [1.29, 1.82) is 0 Å². The summed E-state index contributed by atoms with van der Waals surface area (Å²) in [5.41, 5.74) is 3.71. The van der Waals surface area contributed by atoms with E-state index < -0.39 is 0 Å². The molecule has 0 saturated carbocycles. The van der Waals surface area contributed by atoms with Crippen molar-refractivity contribution in [2.75, 3.05) is 0 Å². The van der Waals surface area contributed by atoms with Crippen molar-refractivity contribution in [3.63, 3.8) is 0 Å². The van der Waals surface area contributed by atoms with Crippen LogP contribution in [0.25, 0.3) is 0 Å². The number of thiophene rings is 1. The van der Waals surface area contributed by atoms with Gasteiger partial charge in [-0.15, -0.1) is 11.3 Å². The molecule has 6 heteroatoms. The molecule has 0 unspecified atom stereocenters. The molecule has 3 nitrogen and oxygen atoms in total. The second-order valence-corrected chi connectivity index (χ2v) is 8.91. The van der Waals surface area contributed by atoms with Gasteiger partial charge in [-0.25, -0.2) is 4.99 Å². The van der Waals surface area contributed by atoms with Crippen LogP contribution in [-0.4, -0.2) is 12.1 Å². The van der Waals surface area contributed by atoms with Crippen molar-refractivity contribution < 1.29 is 4.79 Å². The number of hydrogen-bond acceptors (Lipinski definition) is 3. The summed E-state index contributed by atoms with van der Waals surface area (Å²) in [4.78, 5) is 19.0. The quantitative estimate of drug-likeness (QED) is 0.443. The Morgan fingerprint density at radius 1 is 1.10 bits per heavy atom. The lowest BCUT2D eigenvalue weighted by atomic mass is 9.95. The van der Waals surface area contributed by atoms with E-state index >= 15 is 0 Å². The normalized spacial score (nSPS) is 13.4. The van der Waals surface area contributed by atoms with Crippen molar-refractivity contribution in [3.05, 3.63) is 85.7 Å². The fourth-order valence-corrected chi connectivity index (χ4v) is 5.17. The first kappa shape index (κ1) is 20.1. The summed E-state index contributed by atoms with van der Waals surface area (Å²) in [6, 6.07) is 15.2. The van der Waals surface area contributed by atoms with E-state index in [1.54, 1.807) is 29.7 Å². The van der Waals surface area contributed by atoms with Crippen LogP contribution < -0.4 is 5.32 Å². The van der Waals surface area contributed by atoms with E-state index in [1.165, 1.54) is 4.88 Å². The number of nitrogens with one attached hydrogen (secondary N) is 1. The third-order valence-corrected chi connectivity index (χ3v) is 6.72. The van der Waals surface area contributed by atoms with Crippen molar-refractivity contribution in [2.45, 2.75) is 32.2 Å². The van der Waals surface area contributed by atoms with Gasteiger partial charge in [0.1, 0.15) is 5.00 Å². The first-order chi connectivity index (χ1) is 14.1. The van der Waals surface area contributed by atoms with Crippen LogP contribution in [0.3, 0.4) is 0 Å². The predicted octanol–water partition coefficient (Wildman–Crippen LogP) is 6.61. The molecule has 0 atom stereocenters. The molecular formula is C23H20Cl2N2OS. The van der Waals surface area contributed by atoms with Gasteiger partial charge in [-0.05, 0) is 48.9 Å². The standard InChI is InChI=1S/C23H20Cl2N2OS/c24-17-11-10-16(19(25)12-17)14-27-23-21(18-8-4-5-9-20(18)29-23)22(28)26-13-15-6-2-1-3-7-15/h1-3,6-7,10-12,14H,4-5,8-9,13H2,(H,26,28). The maximum Gasteiger partial charge on any atom is 0.254 e. The number of benzene rings is 2. The minimum Gasteiger partial charge on any atom is -0.348 e. The number of aryl methyl sites for hydroxylation is 1. The van der Waals surface area contributed by atoms with E-state index in [-0.39, 0.29) is 5.91 Å². The molecule has 148 valence electrons. The molecule has 1 N–H and O–H groups in total. The maximum atomic E-state index is 13.1. The number of hydrogen-bond donors (Lipinski definition) is 1. The van der Waals surface area contributed by atoms with Gasteiger partial charge in [-0.3, -0.25) is 4.79 Å². The minimum absolute atomic E-state index is 0.0670. The molecule has 3 aromatic rings. The Morgan fingerprint density at radius 2 is 1.90 bits per heavy atom. The van der Waals surface area contributed by atoms with Gasteiger partial charge in [-0.2, -0.15) is 0 Å². The van der Waals surface area contributed by atoms with Crippen LogP contribution in [0.2, 0.25) is 10.0 Å². The van der Waals surface area contributed by atoms with Crippen molar-refractivity contribution in [1.82, 2.24) is 5.32 Å². The number of nitrogens with zero attached hydrogens (tertiary/aromatic N) is 1. The smallest absolute Gasteiger partial charge is 0.254 e. The van der Waals surface area contributed by atoms with Crippen LogP contribution in [0.5, 0.6) is 0 Å². The highest BCUT2D eigenvalue weighted by atomic mass is 35.5. The number of rotatable bonds is 5. The van der Waals surface area contributed by atoms with Crippen LogP contribution in [0.15, 0.2) is 53.5 Å². The number of halogens is 2. The number of aliphatic imine (C=N–C) groups is 1. The van der Waals surface area contributed by atoms with E-state index in [9.17, 15) is 4.79 Å². The molecule has 1 aliphatic carbocycles. The second kappa shape index (κ2) is 9.12. The topological polar surface area (TPSA) is 41.5 Å². The molecule has 1 amide bonds. The minimum atomic E-state index is -0.0670. The van der Waals surface area contributed by atoms with Gasteiger partial charge in [0.15, 0.2) is 0 Å². The van der Waals surface area contributed by atoms with Crippen LogP contribution in [0.1, 0.15) is 44.8 Å². The fourth-order valence-electron chi connectivity index (χ4n) is 3.48. The summed E-state index contributed by atoms with van der Waals surface area (Å²) >= 11 is 13.9. The van der Waals surface area contributed by atoms with Gasteiger partial charge in [0.05, 0.1) is 10.6 Å². The average molecular weight is 443 g/mol. The lowest BCUT2D eigenvalue weighted by Gasteiger charge is -2.12. The number of carbonyl (C=O) groups excluding carboxylic acids is 1. The van der Waals surface area contributed by atoms with Gasteiger partial charge in [0, 0.05) is 28.2 Å². The molecule has 0 spiro atoms. The summed E-state index contributed by atoms with van der Waals surface area (Å²) in [5.74, 6) is -0.0670. The first-order valence-corrected chi connectivity index (χ1v) is 11.1. The molecule has 0 fully saturated rings. The molecule has 0 bridgehead atoms. The summed E-state index contributed by atoms with van der Waals surface area (Å²) in [6.07, 6.45) is 5.91. The summed E-state index contributed by atoms with van der Waals surface area (Å²) in [5, 5.41) is 4.93. The third kappa shape index (κ3) is 4.72. The Kier molecular flexibility index (Phi) is 6.34. The van der Waals surface area contributed by atoms with Crippen LogP contribution in [0, 0.1) is 0 Å². The Hall–Kier alpha value is -2.14. The molecular weight excluding hydrogens is 423 g/mol. The van der Waals surface area contributed by atoms with E-state index in [1.807, 2.05) is 36.4 Å². The molecule has 29 heavy (non-hydrogen) atoms. The molecule has 1 aliphatic rings. The first-order valence-electron chi connectivity index (χ1n) is 9.57. The monoisotopic (exact) mass is 442 g/mol. The summed E-state index contributed by atoms with van der Waals surface area (Å²) in [7, 11) is 0. The summed E-state index contributed by atoms with van der Waals surface area (Å²) < 4.78 is 0. The molecule has 0 saturated heterocycles. The van der Waals surface area contributed by atoms with Gasteiger partial charge < -0.3 is 5.32 Å². The molecule has 4 rings (SSSR count). The van der Waals surface area contributed by atoms with Crippen LogP contribution in [-0.2, 0) is 19.4 Å². The SMILES string of the molecule is O=C(NCc1ccccc1)c1c(N=Cc2ccc(Cl)cc2Cl)sc2c1CCCC2. The zero-order valence-corrected chi connectivity index (χ0v) is 18.1. The van der Waals surface area contributed by atoms with Crippen LogP contribution >= 0.6 is 34.5 Å². The van der Waals surface area contributed by atoms with Crippen LogP contribution in [0.4, 0.5) is 5.00 Å². The number of fused-ring (bicyclic) bond motifs is 1. The lowest BCUT2D eigenvalue weighted by Crippen LogP contribution is -2.24. The van der Waals surface area contributed by atoms with Crippen molar-refractivity contribution in [3.8, 4) is 0 Å². The van der Waals surface area contributed by atoms with E-state index in [0.717, 1.165) is 47.4 Å². The van der Waals surface area contributed by atoms with E-state index in [0.29, 0.717) is 22.2 Å². The molecule has 0 aliphatic heterocycles. The zero-order valence-electron chi connectivity index (χ0n) is 15.8. The Balaban J connectivity index is 1.62. The highest BCUT2D eigenvalue weighted by Crippen LogP contribution is 2.40. The largest absolute Gasteiger partial charge is 0.348 e. The van der Waals surface area contributed by atoms with Gasteiger partial charge >= 0.3 is 0 Å². The average Bonchev–Trinajstić information content (AvgIpc) is 3.10. The molecule has 2 aromatic carbocycles. The predicted molar refractivity (Wildman–Crippen MR) is 122 cm³/mol. The fraction of sp³-hybridized carbons (Fsp3) is 0.217. The summed E-state index contributed by atoms with van der Waals surface area (Å²) in [6.45, 7) is 0.496. The molecule has 1 aromatic heterocycles. The Labute approximate surface area is 184 Å². The second-order valence-electron chi connectivity index (χ2n) is 6.98. The zero-order chi connectivity index (χ0) is 20.2. The van der Waals surface area contributed by atoms with Gasteiger partial charge in [0.2, 0.25) is 0 Å². The maximum absolute atomic E-state index is 13.1. The lowest BCUT2D eigenvalue weighted by molar-refractivity contribution is 0.0951. The molecule has 0 radical (unpaired) electrons. The van der Waals surface area contributed by atoms with Crippen molar-refractivity contribution in [2.24, 2.45) is 4.99 Å². The number of amides is 1.